The van der Waals surface area contributed by atoms with Gasteiger partial charge in [-0.25, -0.2) is 8.78 Å². The third-order valence-corrected chi connectivity index (χ3v) is 4.24. The number of halogens is 3. The highest BCUT2D eigenvalue weighted by Crippen LogP contribution is 2.08. The summed E-state index contributed by atoms with van der Waals surface area (Å²) in [7, 11) is 1.72. The number of guanidine groups is 1. The Morgan fingerprint density at radius 1 is 1.15 bits per heavy atom. The lowest BCUT2D eigenvalue weighted by Gasteiger charge is -2.21. The number of hydrogen-bond donors (Lipinski definition) is 2. The topological polar surface area (TPSA) is 39.7 Å². The molecule has 150 valence electrons. The molecule has 1 aromatic carbocycles. The van der Waals surface area contributed by atoms with Crippen LogP contribution in [-0.2, 0) is 6.42 Å². The second kappa shape index (κ2) is 14.1. The Bertz CT molecular complexity index is 516. The molecule has 0 fully saturated rings. The minimum atomic E-state index is -0.542. The first kappa shape index (κ1) is 25.0. The molecule has 0 aromatic heterocycles. The first-order chi connectivity index (χ1) is 12.0. The van der Waals surface area contributed by atoms with Crippen LogP contribution in [0.25, 0.3) is 0 Å². The zero-order valence-electron chi connectivity index (χ0n) is 16.3. The van der Waals surface area contributed by atoms with Crippen molar-refractivity contribution in [3.8, 4) is 0 Å². The predicted octanol–water partition coefficient (Wildman–Crippen LogP) is 3.80. The van der Waals surface area contributed by atoms with Gasteiger partial charge in [0.15, 0.2) is 5.96 Å². The summed E-state index contributed by atoms with van der Waals surface area (Å²) in [4.78, 5) is 6.62. The molecule has 0 heterocycles. The van der Waals surface area contributed by atoms with Gasteiger partial charge in [-0.15, -0.1) is 24.0 Å². The van der Waals surface area contributed by atoms with Crippen LogP contribution in [0, 0.1) is 11.6 Å². The van der Waals surface area contributed by atoms with Gasteiger partial charge >= 0.3 is 0 Å². The maximum absolute atomic E-state index is 13.2. The summed E-state index contributed by atoms with van der Waals surface area (Å²) in [6, 6.07) is 3.92. The third kappa shape index (κ3) is 10.3. The lowest BCUT2D eigenvalue weighted by atomic mass is 10.1. The Labute approximate surface area is 173 Å². The van der Waals surface area contributed by atoms with Crippen LogP contribution < -0.4 is 10.6 Å². The van der Waals surface area contributed by atoms with Crippen molar-refractivity contribution in [1.29, 1.82) is 0 Å². The van der Waals surface area contributed by atoms with Gasteiger partial charge in [0.1, 0.15) is 11.6 Å². The molecule has 0 amide bonds. The van der Waals surface area contributed by atoms with E-state index in [0.717, 1.165) is 38.5 Å². The van der Waals surface area contributed by atoms with Crippen LogP contribution in [0.15, 0.2) is 23.2 Å². The van der Waals surface area contributed by atoms with E-state index in [-0.39, 0.29) is 24.0 Å². The van der Waals surface area contributed by atoms with E-state index in [9.17, 15) is 8.78 Å². The standard InChI is InChI=1S/C19H32F2N4.HI/c1-5-25(6-2)11-7-8-15(3)24-19(22-4)23-10-9-16-12-17(20)14-18(21)13-16;/h12-15H,5-11H2,1-4H3,(H2,22,23,24);1H. The molecular formula is C19H33F2IN4. The fourth-order valence-corrected chi connectivity index (χ4v) is 2.74. The molecule has 4 nitrogen and oxygen atoms in total. The minimum Gasteiger partial charge on any atom is -0.356 e. The summed E-state index contributed by atoms with van der Waals surface area (Å²) >= 11 is 0. The zero-order chi connectivity index (χ0) is 18.7. The lowest BCUT2D eigenvalue weighted by molar-refractivity contribution is 0.292. The van der Waals surface area contributed by atoms with Crippen molar-refractivity contribution < 1.29 is 8.78 Å². The molecule has 1 aromatic rings. The van der Waals surface area contributed by atoms with Crippen LogP contribution in [0.1, 0.15) is 39.2 Å². The van der Waals surface area contributed by atoms with Gasteiger partial charge in [-0.3, -0.25) is 4.99 Å². The second-order valence-electron chi connectivity index (χ2n) is 6.24. The van der Waals surface area contributed by atoms with Crippen molar-refractivity contribution in [1.82, 2.24) is 15.5 Å². The van der Waals surface area contributed by atoms with Crippen LogP contribution in [-0.4, -0.2) is 50.1 Å². The molecule has 0 aliphatic rings. The first-order valence-electron chi connectivity index (χ1n) is 9.13. The Morgan fingerprint density at radius 3 is 2.31 bits per heavy atom. The number of nitrogens with one attached hydrogen (secondary N) is 2. The van der Waals surface area contributed by atoms with E-state index in [1.54, 1.807) is 7.05 Å². The van der Waals surface area contributed by atoms with Gasteiger partial charge in [0, 0.05) is 25.7 Å². The monoisotopic (exact) mass is 482 g/mol. The van der Waals surface area contributed by atoms with Crippen LogP contribution in [0.4, 0.5) is 8.78 Å². The first-order valence-corrected chi connectivity index (χ1v) is 9.13. The third-order valence-electron chi connectivity index (χ3n) is 4.24. The molecule has 0 radical (unpaired) electrons. The van der Waals surface area contributed by atoms with Gasteiger partial charge in [0.25, 0.3) is 0 Å². The average Bonchev–Trinajstić information content (AvgIpc) is 2.57. The largest absolute Gasteiger partial charge is 0.356 e. The number of rotatable bonds is 10. The highest BCUT2D eigenvalue weighted by Gasteiger charge is 2.07. The molecule has 0 spiro atoms. The van der Waals surface area contributed by atoms with E-state index in [4.69, 9.17) is 0 Å². The highest BCUT2D eigenvalue weighted by molar-refractivity contribution is 14.0. The van der Waals surface area contributed by atoms with Gasteiger partial charge < -0.3 is 15.5 Å². The van der Waals surface area contributed by atoms with Crippen molar-refractivity contribution in [3.05, 3.63) is 35.4 Å². The molecular weight excluding hydrogens is 449 g/mol. The van der Waals surface area contributed by atoms with E-state index in [2.05, 4.69) is 41.3 Å². The molecule has 1 unspecified atom stereocenters. The van der Waals surface area contributed by atoms with Gasteiger partial charge in [-0.1, -0.05) is 13.8 Å². The predicted molar refractivity (Wildman–Crippen MR) is 116 cm³/mol. The van der Waals surface area contributed by atoms with E-state index < -0.39 is 11.6 Å². The van der Waals surface area contributed by atoms with Crippen LogP contribution >= 0.6 is 24.0 Å². The molecule has 0 saturated heterocycles. The van der Waals surface area contributed by atoms with E-state index in [1.165, 1.54) is 12.1 Å². The lowest BCUT2D eigenvalue weighted by Crippen LogP contribution is -2.43. The SMILES string of the molecule is CCN(CC)CCCC(C)NC(=NC)NCCc1cc(F)cc(F)c1.I. The Kier molecular flexibility index (Phi) is 13.6. The molecule has 26 heavy (non-hydrogen) atoms. The molecule has 2 N–H and O–H groups in total. The Balaban J connectivity index is 0.00000625. The van der Waals surface area contributed by atoms with Crippen molar-refractivity contribution in [2.75, 3.05) is 33.2 Å². The van der Waals surface area contributed by atoms with Crippen molar-refractivity contribution >= 4 is 29.9 Å². The number of benzene rings is 1. The van der Waals surface area contributed by atoms with Crippen LogP contribution in [0.2, 0.25) is 0 Å². The van der Waals surface area contributed by atoms with Crippen molar-refractivity contribution in [3.63, 3.8) is 0 Å². The number of hydrogen-bond acceptors (Lipinski definition) is 2. The fourth-order valence-electron chi connectivity index (χ4n) is 2.74. The molecule has 0 saturated carbocycles. The van der Waals surface area contributed by atoms with Crippen molar-refractivity contribution in [2.24, 2.45) is 4.99 Å². The number of aliphatic imine (C=N–C) groups is 1. The molecule has 7 heteroatoms. The van der Waals surface area contributed by atoms with Gasteiger partial charge in [-0.2, -0.15) is 0 Å². The molecule has 0 bridgehead atoms. The summed E-state index contributed by atoms with van der Waals surface area (Å²) in [6.45, 7) is 10.3. The van der Waals surface area contributed by atoms with Gasteiger partial charge in [0.05, 0.1) is 0 Å². The van der Waals surface area contributed by atoms with Crippen LogP contribution in [0.3, 0.4) is 0 Å². The maximum Gasteiger partial charge on any atom is 0.191 e. The van der Waals surface area contributed by atoms with Gasteiger partial charge in [-0.05, 0) is 63.5 Å². The molecule has 0 aliphatic carbocycles. The summed E-state index contributed by atoms with van der Waals surface area (Å²) < 4.78 is 26.4. The average molecular weight is 482 g/mol. The molecule has 1 rings (SSSR count). The molecule has 0 aliphatic heterocycles. The summed E-state index contributed by atoms with van der Waals surface area (Å²) in [5.74, 6) is -0.370. The van der Waals surface area contributed by atoms with E-state index in [1.807, 2.05) is 0 Å². The zero-order valence-corrected chi connectivity index (χ0v) is 18.6. The Morgan fingerprint density at radius 2 is 1.77 bits per heavy atom. The smallest absolute Gasteiger partial charge is 0.191 e. The second-order valence-corrected chi connectivity index (χ2v) is 6.24. The Hall–Kier alpha value is -0.960. The summed E-state index contributed by atoms with van der Waals surface area (Å²) in [5.41, 5.74) is 0.632. The molecule has 1 atom stereocenters. The highest BCUT2D eigenvalue weighted by atomic mass is 127. The maximum atomic E-state index is 13.2. The minimum absolute atomic E-state index is 0. The quantitative estimate of drug-likeness (QED) is 0.303. The van der Waals surface area contributed by atoms with E-state index >= 15 is 0 Å². The fraction of sp³-hybridized carbons (Fsp3) is 0.632. The summed E-state index contributed by atoms with van der Waals surface area (Å²) in [5, 5.41) is 6.55. The summed E-state index contributed by atoms with van der Waals surface area (Å²) in [6.07, 6.45) is 2.73. The normalized spacial score (nSPS) is 12.7. The number of nitrogens with zero attached hydrogens (tertiary/aromatic N) is 2. The van der Waals surface area contributed by atoms with Crippen molar-refractivity contribution in [2.45, 2.75) is 46.1 Å². The van der Waals surface area contributed by atoms with Gasteiger partial charge in [0.2, 0.25) is 0 Å². The van der Waals surface area contributed by atoms with Crippen LogP contribution in [0.5, 0.6) is 0 Å². The van der Waals surface area contributed by atoms with E-state index in [0.29, 0.717) is 30.5 Å².